The van der Waals surface area contributed by atoms with Crippen LogP contribution in [0.5, 0.6) is 0 Å². The zero-order valence-corrected chi connectivity index (χ0v) is 11.2. The highest BCUT2D eigenvalue weighted by molar-refractivity contribution is 5.19. The smallest absolute Gasteiger partial charge is 0.0446 e. The summed E-state index contributed by atoms with van der Waals surface area (Å²) in [6.45, 7) is 8.33. The molecule has 0 saturated carbocycles. The second kappa shape index (κ2) is 5.65. The van der Waals surface area contributed by atoms with Crippen LogP contribution >= 0.6 is 0 Å². The quantitative estimate of drug-likeness (QED) is 0.858. The van der Waals surface area contributed by atoms with Gasteiger partial charge in [-0.1, -0.05) is 44.2 Å². The van der Waals surface area contributed by atoms with Crippen molar-refractivity contribution in [2.24, 2.45) is 11.8 Å². The number of hydrogen-bond acceptors (Lipinski definition) is 2. The molecular formula is C15H24N2. The van der Waals surface area contributed by atoms with Crippen molar-refractivity contribution in [2.75, 3.05) is 26.7 Å². The molecule has 2 rings (SSSR count). The van der Waals surface area contributed by atoms with Crippen LogP contribution in [-0.2, 0) is 0 Å². The molecular weight excluding hydrogens is 208 g/mol. The van der Waals surface area contributed by atoms with Crippen LogP contribution in [0.1, 0.15) is 25.5 Å². The normalized spacial score (nSPS) is 27.2. The molecule has 3 unspecified atom stereocenters. The highest BCUT2D eigenvalue weighted by Gasteiger charge is 2.27. The molecule has 1 fully saturated rings. The molecule has 0 aromatic heterocycles. The number of benzene rings is 1. The predicted octanol–water partition coefficient (Wildman–Crippen LogP) is 2.53. The van der Waals surface area contributed by atoms with Gasteiger partial charge in [0, 0.05) is 25.7 Å². The van der Waals surface area contributed by atoms with Gasteiger partial charge < -0.3 is 10.2 Å². The fraction of sp³-hybridized carbons (Fsp3) is 0.600. The van der Waals surface area contributed by atoms with Crippen molar-refractivity contribution in [3.63, 3.8) is 0 Å². The standard InChI is InChI=1S/C15H24N2/c1-12-9-17(10-13(12)2)11-15(16-3)14-7-5-4-6-8-14/h4-8,12-13,15-16H,9-11H2,1-3H3. The van der Waals surface area contributed by atoms with Gasteiger partial charge >= 0.3 is 0 Å². The molecule has 1 aromatic carbocycles. The molecule has 0 amide bonds. The van der Waals surface area contributed by atoms with E-state index in [-0.39, 0.29) is 0 Å². The molecule has 94 valence electrons. The summed E-state index contributed by atoms with van der Waals surface area (Å²) >= 11 is 0. The molecule has 3 atom stereocenters. The van der Waals surface area contributed by atoms with Gasteiger partial charge in [0.15, 0.2) is 0 Å². The van der Waals surface area contributed by atoms with Crippen LogP contribution < -0.4 is 5.32 Å². The van der Waals surface area contributed by atoms with E-state index in [0.717, 1.165) is 18.4 Å². The summed E-state index contributed by atoms with van der Waals surface area (Å²) in [7, 11) is 2.06. The van der Waals surface area contributed by atoms with Gasteiger partial charge in [0.25, 0.3) is 0 Å². The summed E-state index contributed by atoms with van der Waals surface area (Å²) in [5.41, 5.74) is 1.39. The van der Waals surface area contributed by atoms with E-state index in [1.165, 1.54) is 18.7 Å². The molecule has 0 radical (unpaired) electrons. The van der Waals surface area contributed by atoms with Gasteiger partial charge in [-0.2, -0.15) is 0 Å². The van der Waals surface area contributed by atoms with Gasteiger partial charge in [0.05, 0.1) is 0 Å². The van der Waals surface area contributed by atoms with Crippen LogP contribution in [-0.4, -0.2) is 31.6 Å². The first-order chi connectivity index (χ1) is 8.20. The third-order valence-corrected chi connectivity index (χ3v) is 4.05. The third-order valence-electron chi connectivity index (χ3n) is 4.05. The van der Waals surface area contributed by atoms with E-state index in [0.29, 0.717) is 6.04 Å². The summed E-state index contributed by atoms with van der Waals surface area (Å²) in [5.74, 6) is 1.67. The monoisotopic (exact) mass is 232 g/mol. The lowest BCUT2D eigenvalue weighted by Gasteiger charge is -2.23. The molecule has 0 bridgehead atoms. The summed E-state index contributed by atoms with van der Waals surface area (Å²) in [6, 6.07) is 11.2. The molecule has 2 nitrogen and oxygen atoms in total. The summed E-state index contributed by atoms with van der Waals surface area (Å²) in [5, 5.41) is 3.43. The Labute approximate surface area is 105 Å². The zero-order chi connectivity index (χ0) is 12.3. The van der Waals surface area contributed by atoms with Crippen LogP contribution in [0.3, 0.4) is 0 Å². The molecule has 1 saturated heterocycles. The van der Waals surface area contributed by atoms with Crippen LogP contribution in [0.25, 0.3) is 0 Å². The van der Waals surface area contributed by atoms with Crippen molar-refractivity contribution in [1.29, 1.82) is 0 Å². The van der Waals surface area contributed by atoms with Crippen LogP contribution in [0.2, 0.25) is 0 Å². The first-order valence-electron chi connectivity index (χ1n) is 6.65. The Hall–Kier alpha value is -0.860. The highest BCUT2D eigenvalue weighted by atomic mass is 15.2. The minimum atomic E-state index is 0.452. The Morgan fingerprint density at radius 1 is 1.18 bits per heavy atom. The molecule has 1 aromatic rings. The summed E-state index contributed by atoms with van der Waals surface area (Å²) in [6.07, 6.45) is 0. The number of nitrogens with one attached hydrogen (secondary N) is 1. The third kappa shape index (κ3) is 3.08. The molecule has 1 aliphatic rings. The van der Waals surface area contributed by atoms with E-state index in [1.54, 1.807) is 0 Å². The maximum absolute atomic E-state index is 3.43. The van der Waals surface area contributed by atoms with E-state index in [1.807, 2.05) is 0 Å². The predicted molar refractivity (Wildman–Crippen MR) is 73.0 cm³/mol. The minimum Gasteiger partial charge on any atom is -0.312 e. The van der Waals surface area contributed by atoms with Gasteiger partial charge in [0.2, 0.25) is 0 Å². The van der Waals surface area contributed by atoms with Crippen molar-refractivity contribution in [3.05, 3.63) is 35.9 Å². The topological polar surface area (TPSA) is 15.3 Å². The number of likely N-dealkylation sites (tertiary alicyclic amines) is 1. The largest absolute Gasteiger partial charge is 0.312 e. The molecule has 2 heteroatoms. The fourth-order valence-electron chi connectivity index (χ4n) is 2.70. The zero-order valence-electron chi connectivity index (χ0n) is 11.2. The summed E-state index contributed by atoms with van der Waals surface area (Å²) < 4.78 is 0. The van der Waals surface area contributed by atoms with Gasteiger partial charge in [-0.25, -0.2) is 0 Å². The van der Waals surface area contributed by atoms with Crippen LogP contribution in [0.4, 0.5) is 0 Å². The van der Waals surface area contributed by atoms with E-state index in [2.05, 4.69) is 61.4 Å². The van der Waals surface area contributed by atoms with E-state index >= 15 is 0 Å². The lowest BCUT2D eigenvalue weighted by atomic mass is 10.0. The van der Waals surface area contributed by atoms with Crippen LogP contribution in [0, 0.1) is 11.8 Å². The Morgan fingerprint density at radius 2 is 1.76 bits per heavy atom. The molecule has 1 heterocycles. The van der Waals surface area contributed by atoms with Crippen molar-refractivity contribution in [2.45, 2.75) is 19.9 Å². The van der Waals surface area contributed by atoms with E-state index in [9.17, 15) is 0 Å². The number of nitrogens with zero attached hydrogens (tertiary/aromatic N) is 1. The maximum Gasteiger partial charge on any atom is 0.0446 e. The average Bonchev–Trinajstić information content (AvgIpc) is 2.67. The highest BCUT2D eigenvalue weighted by Crippen LogP contribution is 2.24. The first-order valence-corrected chi connectivity index (χ1v) is 6.65. The number of hydrogen-bond donors (Lipinski definition) is 1. The first kappa shape index (κ1) is 12.6. The fourth-order valence-corrected chi connectivity index (χ4v) is 2.70. The SMILES string of the molecule is CNC(CN1CC(C)C(C)C1)c1ccccc1. The Kier molecular flexibility index (Phi) is 4.19. The second-order valence-electron chi connectivity index (χ2n) is 5.43. The second-order valence-corrected chi connectivity index (χ2v) is 5.43. The Morgan fingerprint density at radius 3 is 2.29 bits per heavy atom. The molecule has 0 aliphatic carbocycles. The Balaban J connectivity index is 1.97. The molecule has 1 N–H and O–H groups in total. The van der Waals surface area contributed by atoms with Gasteiger partial charge in [-0.05, 0) is 24.4 Å². The van der Waals surface area contributed by atoms with Gasteiger partial charge in [-0.3, -0.25) is 0 Å². The minimum absolute atomic E-state index is 0.452. The van der Waals surface area contributed by atoms with E-state index < -0.39 is 0 Å². The molecule has 17 heavy (non-hydrogen) atoms. The molecule has 1 aliphatic heterocycles. The van der Waals surface area contributed by atoms with Crippen molar-refractivity contribution in [1.82, 2.24) is 10.2 Å². The molecule has 0 spiro atoms. The van der Waals surface area contributed by atoms with Gasteiger partial charge in [0.1, 0.15) is 0 Å². The van der Waals surface area contributed by atoms with Crippen LogP contribution in [0.15, 0.2) is 30.3 Å². The maximum atomic E-state index is 3.43. The lowest BCUT2D eigenvalue weighted by molar-refractivity contribution is 0.287. The van der Waals surface area contributed by atoms with E-state index in [4.69, 9.17) is 0 Å². The van der Waals surface area contributed by atoms with Gasteiger partial charge in [-0.15, -0.1) is 0 Å². The van der Waals surface area contributed by atoms with Crippen molar-refractivity contribution in [3.8, 4) is 0 Å². The van der Waals surface area contributed by atoms with Crippen molar-refractivity contribution >= 4 is 0 Å². The average molecular weight is 232 g/mol. The summed E-state index contributed by atoms with van der Waals surface area (Å²) in [4.78, 5) is 2.59. The Bertz CT molecular complexity index is 326. The number of rotatable bonds is 4. The lowest BCUT2D eigenvalue weighted by Crippen LogP contribution is -2.32. The van der Waals surface area contributed by atoms with Crippen molar-refractivity contribution < 1.29 is 0 Å². The number of likely N-dealkylation sites (N-methyl/N-ethyl adjacent to an activating group) is 1.